The molecular weight excluding hydrogens is 336 g/mol. The maximum atomic E-state index is 12.5. The molecule has 0 bridgehead atoms. The van der Waals surface area contributed by atoms with Crippen LogP contribution >= 0.6 is 0 Å². The quantitative estimate of drug-likeness (QED) is 0.593. The molecule has 5 nitrogen and oxygen atoms in total. The van der Waals surface area contributed by atoms with E-state index in [0.717, 1.165) is 38.0 Å². The standard InChI is InChI=1S/C19H30N2O3S/c1-4-16(19-20-17(5-2)15-24-19)11-9-10-14-21(3)25(22,23)18-12-7-6-8-13-18/h6-8,12-13,16-17H,4-5,9-11,14-15H2,1-3H3/t16?,17-/m1/s1. The topological polar surface area (TPSA) is 59.0 Å². The van der Waals surface area contributed by atoms with Crippen LogP contribution in [0.15, 0.2) is 40.2 Å². The Morgan fingerprint density at radius 2 is 1.96 bits per heavy atom. The molecule has 140 valence electrons. The fourth-order valence-electron chi connectivity index (χ4n) is 2.99. The maximum Gasteiger partial charge on any atom is 0.242 e. The van der Waals surface area contributed by atoms with E-state index in [1.807, 2.05) is 6.07 Å². The molecule has 2 rings (SSSR count). The molecule has 1 aromatic rings. The van der Waals surface area contributed by atoms with E-state index in [-0.39, 0.29) is 0 Å². The van der Waals surface area contributed by atoms with Crippen LogP contribution < -0.4 is 0 Å². The SMILES string of the molecule is CCC(CCCCN(C)S(=O)(=O)c1ccccc1)C1=N[C@H](CC)CO1. The lowest BCUT2D eigenvalue weighted by Gasteiger charge is -2.18. The Morgan fingerprint density at radius 3 is 2.56 bits per heavy atom. The molecule has 0 spiro atoms. The van der Waals surface area contributed by atoms with Crippen LogP contribution in [0.1, 0.15) is 46.0 Å². The molecule has 0 radical (unpaired) electrons. The highest BCUT2D eigenvalue weighted by atomic mass is 32.2. The summed E-state index contributed by atoms with van der Waals surface area (Å²) < 4.78 is 32.2. The van der Waals surface area contributed by atoms with E-state index in [2.05, 4.69) is 18.8 Å². The van der Waals surface area contributed by atoms with Crippen LogP contribution in [-0.4, -0.2) is 44.9 Å². The molecule has 1 unspecified atom stereocenters. The summed E-state index contributed by atoms with van der Waals surface area (Å²) in [6.45, 7) is 5.52. The number of unbranched alkanes of at least 4 members (excludes halogenated alkanes) is 1. The lowest BCUT2D eigenvalue weighted by molar-refractivity contribution is 0.289. The number of sulfonamides is 1. The van der Waals surface area contributed by atoms with Crippen LogP contribution in [0.2, 0.25) is 0 Å². The Bertz CT molecular complexity index is 659. The zero-order chi connectivity index (χ0) is 18.3. The highest BCUT2D eigenvalue weighted by molar-refractivity contribution is 7.89. The van der Waals surface area contributed by atoms with E-state index in [0.29, 0.717) is 30.0 Å². The summed E-state index contributed by atoms with van der Waals surface area (Å²) in [7, 11) is -1.74. The molecule has 1 heterocycles. The normalized spacial score (nSPS) is 18.9. The van der Waals surface area contributed by atoms with Crippen LogP contribution in [-0.2, 0) is 14.8 Å². The van der Waals surface area contributed by atoms with Crippen molar-refractivity contribution < 1.29 is 13.2 Å². The third-order valence-electron chi connectivity index (χ3n) is 4.77. The fraction of sp³-hybridized carbons (Fsp3) is 0.632. The molecule has 6 heteroatoms. The van der Waals surface area contributed by atoms with Gasteiger partial charge in [-0.25, -0.2) is 17.7 Å². The Kier molecular flexibility index (Phi) is 7.44. The molecule has 0 aromatic heterocycles. The monoisotopic (exact) mass is 366 g/mol. The fourth-order valence-corrected chi connectivity index (χ4v) is 4.22. The molecule has 25 heavy (non-hydrogen) atoms. The average molecular weight is 367 g/mol. The van der Waals surface area contributed by atoms with Crippen molar-refractivity contribution in [1.82, 2.24) is 4.31 Å². The minimum Gasteiger partial charge on any atom is -0.478 e. The van der Waals surface area contributed by atoms with Crippen LogP contribution in [0.3, 0.4) is 0 Å². The van der Waals surface area contributed by atoms with E-state index in [4.69, 9.17) is 4.74 Å². The van der Waals surface area contributed by atoms with Gasteiger partial charge in [0.25, 0.3) is 0 Å². The van der Waals surface area contributed by atoms with E-state index in [1.54, 1.807) is 31.3 Å². The average Bonchev–Trinajstić information content (AvgIpc) is 3.11. The zero-order valence-corrected chi connectivity index (χ0v) is 16.3. The summed E-state index contributed by atoms with van der Waals surface area (Å²) in [5, 5.41) is 0. The molecule has 2 atom stereocenters. The third kappa shape index (κ3) is 5.28. The molecule has 0 saturated heterocycles. The largest absolute Gasteiger partial charge is 0.478 e. The second-order valence-electron chi connectivity index (χ2n) is 6.58. The van der Waals surface area contributed by atoms with Crippen LogP contribution in [0, 0.1) is 5.92 Å². The Balaban J connectivity index is 1.80. The first-order valence-electron chi connectivity index (χ1n) is 9.20. The molecule has 1 aliphatic heterocycles. The summed E-state index contributed by atoms with van der Waals surface area (Å²) >= 11 is 0. The van der Waals surface area contributed by atoms with Gasteiger partial charge in [-0.1, -0.05) is 38.5 Å². The third-order valence-corrected chi connectivity index (χ3v) is 6.64. The first kappa shape index (κ1) is 19.9. The predicted molar refractivity (Wildman–Crippen MR) is 101 cm³/mol. The van der Waals surface area contributed by atoms with Gasteiger partial charge in [-0.15, -0.1) is 0 Å². The lowest BCUT2D eigenvalue weighted by atomic mass is 9.99. The predicted octanol–water partition coefficient (Wildman–Crippen LogP) is 3.71. The number of hydrogen-bond acceptors (Lipinski definition) is 4. The summed E-state index contributed by atoms with van der Waals surface area (Å²) in [5.41, 5.74) is 0. The molecule has 0 N–H and O–H groups in total. The van der Waals surface area contributed by atoms with E-state index in [9.17, 15) is 8.42 Å². The highest BCUT2D eigenvalue weighted by Gasteiger charge is 2.24. The van der Waals surface area contributed by atoms with E-state index >= 15 is 0 Å². The van der Waals surface area contributed by atoms with Crippen molar-refractivity contribution in [2.75, 3.05) is 20.2 Å². The minimum absolute atomic E-state index is 0.311. The Morgan fingerprint density at radius 1 is 1.24 bits per heavy atom. The van der Waals surface area contributed by atoms with E-state index < -0.39 is 10.0 Å². The number of rotatable bonds is 10. The molecule has 0 aliphatic carbocycles. The summed E-state index contributed by atoms with van der Waals surface area (Å²) in [6, 6.07) is 8.90. The van der Waals surface area contributed by atoms with Gasteiger partial charge in [0.15, 0.2) is 5.90 Å². The van der Waals surface area contributed by atoms with Crippen molar-refractivity contribution >= 4 is 15.9 Å². The number of ether oxygens (including phenoxy) is 1. The second-order valence-corrected chi connectivity index (χ2v) is 8.63. The van der Waals surface area contributed by atoms with Crippen molar-refractivity contribution in [1.29, 1.82) is 0 Å². The number of nitrogens with zero attached hydrogens (tertiary/aromatic N) is 2. The van der Waals surface area contributed by atoms with Gasteiger partial charge in [0.05, 0.1) is 10.9 Å². The van der Waals surface area contributed by atoms with Gasteiger partial charge in [-0.05, 0) is 37.8 Å². The van der Waals surface area contributed by atoms with Gasteiger partial charge in [0, 0.05) is 19.5 Å². The Hall–Kier alpha value is -1.40. The minimum atomic E-state index is -3.39. The molecule has 0 amide bonds. The summed E-state index contributed by atoms with van der Waals surface area (Å²) in [5.74, 6) is 1.26. The van der Waals surface area contributed by atoms with Crippen LogP contribution in [0.5, 0.6) is 0 Å². The number of hydrogen-bond donors (Lipinski definition) is 0. The van der Waals surface area contributed by atoms with Gasteiger partial charge in [-0.2, -0.15) is 0 Å². The molecule has 0 fully saturated rings. The van der Waals surface area contributed by atoms with Gasteiger partial charge in [0.1, 0.15) is 6.61 Å². The van der Waals surface area contributed by atoms with Crippen molar-refractivity contribution in [2.24, 2.45) is 10.9 Å². The van der Waals surface area contributed by atoms with Gasteiger partial charge in [0.2, 0.25) is 10.0 Å². The molecule has 0 saturated carbocycles. The second kappa shape index (κ2) is 9.34. The van der Waals surface area contributed by atoms with Crippen molar-refractivity contribution in [3.63, 3.8) is 0 Å². The summed E-state index contributed by atoms with van der Waals surface area (Å²) in [6.07, 6.45) is 4.82. The number of benzene rings is 1. The lowest BCUT2D eigenvalue weighted by Crippen LogP contribution is -2.28. The first-order chi connectivity index (χ1) is 12.0. The highest BCUT2D eigenvalue weighted by Crippen LogP contribution is 2.21. The van der Waals surface area contributed by atoms with Crippen LogP contribution in [0.25, 0.3) is 0 Å². The summed E-state index contributed by atoms with van der Waals surface area (Å²) in [4.78, 5) is 5.01. The number of aliphatic imine (C=N–C) groups is 1. The van der Waals surface area contributed by atoms with Gasteiger partial charge >= 0.3 is 0 Å². The van der Waals surface area contributed by atoms with Crippen molar-refractivity contribution in [2.45, 2.75) is 56.9 Å². The molecule has 1 aromatic carbocycles. The molecule has 1 aliphatic rings. The van der Waals surface area contributed by atoms with Crippen molar-refractivity contribution in [3.8, 4) is 0 Å². The van der Waals surface area contributed by atoms with Gasteiger partial charge in [-0.3, -0.25) is 0 Å². The zero-order valence-electron chi connectivity index (χ0n) is 15.5. The first-order valence-corrected chi connectivity index (χ1v) is 10.6. The van der Waals surface area contributed by atoms with Crippen LogP contribution in [0.4, 0.5) is 0 Å². The van der Waals surface area contributed by atoms with Gasteiger partial charge < -0.3 is 4.74 Å². The maximum absolute atomic E-state index is 12.5. The van der Waals surface area contributed by atoms with Crippen molar-refractivity contribution in [3.05, 3.63) is 30.3 Å². The Labute approximate surface area is 152 Å². The smallest absolute Gasteiger partial charge is 0.242 e. The molecular formula is C19H30N2O3S. The van der Waals surface area contributed by atoms with E-state index in [1.165, 1.54) is 4.31 Å².